The van der Waals surface area contributed by atoms with Gasteiger partial charge in [0.15, 0.2) is 11.5 Å². The van der Waals surface area contributed by atoms with Crippen molar-refractivity contribution in [3.8, 4) is 28.5 Å². The lowest BCUT2D eigenvalue weighted by Gasteiger charge is -2.11. The number of ether oxygens (including phenoxy) is 3. The van der Waals surface area contributed by atoms with Crippen LogP contribution in [0.15, 0.2) is 71.1 Å². The maximum atomic E-state index is 12.6. The number of hydrazone groups is 1. The van der Waals surface area contributed by atoms with E-state index in [-0.39, 0.29) is 5.75 Å². The minimum Gasteiger partial charge on any atom is -0.496 e. The van der Waals surface area contributed by atoms with Gasteiger partial charge in [-0.3, -0.25) is 5.43 Å². The molecule has 0 atom stereocenters. The van der Waals surface area contributed by atoms with Crippen LogP contribution in [0.2, 0.25) is 10.0 Å². The summed E-state index contributed by atoms with van der Waals surface area (Å²) >= 11 is 13.6. The van der Waals surface area contributed by atoms with Gasteiger partial charge in [0.05, 0.1) is 31.2 Å². The summed E-state index contributed by atoms with van der Waals surface area (Å²) in [6.45, 7) is 0. The van der Waals surface area contributed by atoms with Crippen molar-refractivity contribution in [2.24, 2.45) is 5.10 Å². The van der Waals surface area contributed by atoms with Crippen LogP contribution in [0, 0.1) is 0 Å². The predicted octanol–water partition coefficient (Wildman–Crippen LogP) is 6.80. The van der Waals surface area contributed by atoms with E-state index in [0.717, 1.165) is 16.8 Å². The molecule has 0 unspecified atom stereocenters. The Morgan fingerprint density at radius 1 is 1.00 bits per heavy atom. The van der Waals surface area contributed by atoms with E-state index in [1.807, 2.05) is 11.4 Å². The van der Waals surface area contributed by atoms with Gasteiger partial charge in [-0.2, -0.15) is 5.10 Å². The maximum absolute atomic E-state index is 12.6. The van der Waals surface area contributed by atoms with E-state index in [9.17, 15) is 4.79 Å². The smallest absolute Gasteiger partial charge is 0.347 e. The normalized spacial score (nSPS) is 10.9. The number of nitrogens with one attached hydrogen (secondary N) is 1. The Morgan fingerprint density at radius 2 is 1.80 bits per heavy atom. The Labute approximate surface area is 215 Å². The van der Waals surface area contributed by atoms with Crippen molar-refractivity contribution >= 4 is 51.9 Å². The van der Waals surface area contributed by atoms with Crippen LogP contribution >= 0.6 is 34.5 Å². The summed E-state index contributed by atoms with van der Waals surface area (Å²) in [4.78, 5) is 17.1. The lowest BCUT2D eigenvalue weighted by atomic mass is 10.2. The first-order valence-corrected chi connectivity index (χ1v) is 11.9. The molecule has 0 aliphatic rings. The molecule has 178 valence electrons. The summed E-state index contributed by atoms with van der Waals surface area (Å²) in [6.07, 6.45) is 1.60. The molecular weight excluding hydrogens is 509 g/mol. The molecule has 0 radical (unpaired) electrons. The lowest BCUT2D eigenvalue weighted by Crippen LogP contribution is -2.10. The van der Waals surface area contributed by atoms with Gasteiger partial charge < -0.3 is 14.2 Å². The number of hydrogen-bond donors (Lipinski definition) is 1. The summed E-state index contributed by atoms with van der Waals surface area (Å²) in [5.74, 6) is 0.531. The second-order valence-electron chi connectivity index (χ2n) is 7.03. The van der Waals surface area contributed by atoms with Crippen LogP contribution in [0.4, 0.5) is 5.13 Å². The Kier molecular flexibility index (Phi) is 7.87. The number of hydrogen-bond acceptors (Lipinski definition) is 8. The first kappa shape index (κ1) is 24.5. The zero-order chi connectivity index (χ0) is 24.8. The van der Waals surface area contributed by atoms with Crippen LogP contribution in [0.25, 0.3) is 11.3 Å². The summed E-state index contributed by atoms with van der Waals surface area (Å²) in [6, 6.07) is 17.2. The molecule has 1 N–H and O–H groups in total. The Bertz CT molecular complexity index is 1390. The number of carbonyl (C=O) groups excluding carboxylic acids is 1. The molecule has 4 aromatic rings. The quantitative estimate of drug-likeness (QED) is 0.117. The van der Waals surface area contributed by atoms with Gasteiger partial charge in [0.1, 0.15) is 11.3 Å². The van der Waals surface area contributed by atoms with Crippen molar-refractivity contribution in [2.75, 3.05) is 19.6 Å². The minimum atomic E-state index is -0.552. The molecule has 35 heavy (non-hydrogen) atoms. The van der Waals surface area contributed by atoms with E-state index < -0.39 is 5.97 Å². The largest absolute Gasteiger partial charge is 0.496 e. The molecule has 0 spiro atoms. The highest BCUT2D eigenvalue weighted by atomic mass is 35.5. The van der Waals surface area contributed by atoms with E-state index >= 15 is 0 Å². The van der Waals surface area contributed by atoms with Crippen molar-refractivity contribution in [3.05, 3.63) is 87.2 Å². The second kappa shape index (κ2) is 11.2. The van der Waals surface area contributed by atoms with Gasteiger partial charge in [-0.1, -0.05) is 35.3 Å². The van der Waals surface area contributed by atoms with Crippen LogP contribution in [0.3, 0.4) is 0 Å². The van der Waals surface area contributed by atoms with Gasteiger partial charge >= 0.3 is 5.97 Å². The SMILES string of the molecule is COc1cc(/C=N/Nc2nc(-c3ccc(Cl)cc3Cl)cs2)ccc1OC(=O)c1ccccc1OC. The first-order valence-electron chi connectivity index (χ1n) is 10.2. The van der Waals surface area contributed by atoms with E-state index in [4.69, 9.17) is 37.4 Å². The highest BCUT2D eigenvalue weighted by molar-refractivity contribution is 7.14. The average molecular weight is 528 g/mol. The van der Waals surface area contributed by atoms with E-state index in [0.29, 0.717) is 32.2 Å². The molecule has 4 rings (SSSR count). The Balaban J connectivity index is 1.44. The monoisotopic (exact) mass is 527 g/mol. The molecule has 0 saturated heterocycles. The number of halogens is 2. The molecule has 0 bridgehead atoms. The van der Waals surface area contributed by atoms with Gasteiger partial charge in [-0.15, -0.1) is 11.3 Å². The summed E-state index contributed by atoms with van der Waals surface area (Å²) in [7, 11) is 2.99. The molecule has 10 heteroatoms. The molecule has 3 aromatic carbocycles. The topological polar surface area (TPSA) is 82.0 Å². The number of benzene rings is 3. The first-order chi connectivity index (χ1) is 17.0. The van der Waals surface area contributed by atoms with Gasteiger partial charge in [-0.25, -0.2) is 9.78 Å². The number of methoxy groups -OCH3 is 2. The van der Waals surface area contributed by atoms with Gasteiger partial charge in [0.2, 0.25) is 5.13 Å². The van der Waals surface area contributed by atoms with Crippen LogP contribution in [-0.4, -0.2) is 31.4 Å². The third kappa shape index (κ3) is 5.92. The van der Waals surface area contributed by atoms with Crippen molar-refractivity contribution in [1.82, 2.24) is 4.98 Å². The highest BCUT2D eigenvalue weighted by Gasteiger charge is 2.16. The zero-order valence-electron chi connectivity index (χ0n) is 18.6. The Morgan fingerprint density at radius 3 is 2.57 bits per heavy atom. The molecule has 1 heterocycles. The number of aromatic nitrogens is 1. The number of thiazole rings is 1. The van der Waals surface area contributed by atoms with Crippen molar-refractivity contribution < 1.29 is 19.0 Å². The fraction of sp³-hybridized carbons (Fsp3) is 0.0800. The lowest BCUT2D eigenvalue weighted by molar-refractivity contribution is 0.0726. The van der Waals surface area contributed by atoms with Crippen LogP contribution < -0.4 is 19.6 Å². The minimum absolute atomic E-state index is 0.276. The molecular formula is C25H19Cl2N3O4S. The maximum Gasteiger partial charge on any atom is 0.347 e. The van der Waals surface area contributed by atoms with Crippen molar-refractivity contribution in [3.63, 3.8) is 0 Å². The fourth-order valence-corrected chi connectivity index (χ4v) is 4.29. The van der Waals surface area contributed by atoms with Crippen LogP contribution in [-0.2, 0) is 0 Å². The standard InChI is InChI=1S/C25H19Cl2N3O4S/c1-32-21-6-4-3-5-18(21)24(31)34-22-10-7-15(11-23(22)33-2)13-28-30-25-29-20(14-35-25)17-9-8-16(26)12-19(17)27/h3-14H,1-2H3,(H,29,30)/b28-13+. The van der Waals surface area contributed by atoms with Gasteiger partial charge in [-0.05, 0) is 54.1 Å². The van der Waals surface area contributed by atoms with E-state index in [2.05, 4.69) is 15.5 Å². The molecule has 0 fully saturated rings. The fourth-order valence-electron chi connectivity index (χ4n) is 3.12. The number of esters is 1. The third-order valence-electron chi connectivity index (χ3n) is 4.80. The molecule has 0 saturated carbocycles. The van der Waals surface area contributed by atoms with Crippen LogP contribution in [0.1, 0.15) is 15.9 Å². The highest BCUT2D eigenvalue weighted by Crippen LogP contribution is 2.33. The number of rotatable bonds is 8. The van der Waals surface area contributed by atoms with Crippen molar-refractivity contribution in [1.29, 1.82) is 0 Å². The number of anilines is 1. The molecule has 0 aliphatic carbocycles. The van der Waals surface area contributed by atoms with E-state index in [1.54, 1.807) is 60.8 Å². The molecule has 1 aromatic heterocycles. The van der Waals surface area contributed by atoms with Crippen LogP contribution in [0.5, 0.6) is 17.2 Å². The zero-order valence-corrected chi connectivity index (χ0v) is 20.9. The predicted molar refractivity (Wildman–Crippen MR) is 140 cm³/mol. The number of nitrogens with zero attached hydrogens (tertiary/aromatic N) is 2. The third-order valence-corrected chi connectivity index (χ3v) is 6.10. The number of para-hydroxylation sites is 1. The number of carbonyl (C=O) groups is 1. The molecule has 0 amide bonds. The molecule has 7 nitrogen and oxygen atoms in total. The van der Waals surface area contributed by atoms with E-state index in [1.165, 1.54) is 25.6 Å². The Hall–Kier alpha value is -3.59. The van der Waals surface area contributed by atoms with Gasteiger partial charge in [0.25, 0.3) is 0 Å². The summed E-state index contributed by atoms with van der Waals surface area (Å²) in [5.41, 5.74) is 5.44. The van der Waals surface area contributed by atoms with Gasteiger partial charge in [0, 0.05) is 16.0 Å². The summed E-state index contributed by atoms with van der Waals surface area (Å²) in [5, 5.41) is 7.79. The summed E-state index contributed by atoms with van der Waals surface area (Å²) < 4.78 is 16.1. The second-order valence-corrected chi connectivity index (χ2v) is 8.73. The molecule has 0 aliphatic heterocycles. The van der Waals surface area contributed by atoms with Crippen molar-refractivity contribution in [2.45, 2.75) is 0 Å². The average Bonchev–Trinajstić information content (AvgIpc) is 3.33.